The van der Waals surface area contributed by atoms with E-state index >= 15 is 0 Å². The third-order valence-electron chi connectivity index (χ3n) is 3.25. The van der Waals surface area contributed by atoms with E-state index in [4.69, 9.17) is 4.74 Å². The van der Waals surface area contributed by atoms with Crippen molar-refractivity contribution in [2.24, 2.45) is 0 Å². The van der Waals surface area contributed by atoms with Crippen LogP contribution in [0.5, 0.6) is 0 Å². The molecule has 0 amide bonds. The number of morpholine rings is 1. The molecular weight excluding hydrogens is 272 g/mol. The fourth-order valence-electron chi connectivity index (χ4n) is 2.18. The number of ether oxygens (including phenoxy) is 1. The van der Waals surface area contributed by atoms with E-state index < -0.39 is 5.97 Å². The number of nitrogens with zero attached hydrogens (tertiary/aromatic N) is 4. The Morgan fingerprint density at radius 2 is 1.95 bits per heavy atom. The lowest BCUT2D eigenvalue weighted by Crippen LogP contribution is -2.37. The van der Waals surface area contributed by atoms with Gasteiger partial charge in [-0.25, -0.2) is 14.8 Å². The Hall–Kier alpha value is -2.54. The standard InChI is InChI=1S/C14H14N4O3/c19-14(20)11-9-16-12(10-1-3-15-4-2-10)17-13(11)18-5-7-21-8-6-18/h1-4,9H,5-8H2,(H,19,20). The molecular formula is C14H14N4O3. The molecule has 0 radical (unpaired) electrons. The van der Waals surface area contributed by atoms with Crippen LogP contribution < -0.4 is 4.90 Å². The fraction of sp³-hybridized carbons (Fsp3) is 0.286. The predicted octanol–water partition coefficient (Wildman–Crippen LogP) is 1.07. The summed E-state index contributed by atoms with van der Waals surface area (Å²) in [5.41, 5.74) is 0.908. The van der Waals surface area contributed by atoms with Gasteiger partial charge >= 0.3 is 5.97 Å². The molecule has 0 spiro atoms. The number of aromatic carboxylic acids is 1. The number of rotatable bonds is 3. The highest BCUT2D eigenvalue weighted by molar-refractivity contribution is 5.93. The summed E-state index contributed by atoms with van der Waals surface area (Å²) in [7, 11) is 0. The van der Waals surface area contributed by atoms with Crippen molar-refractivity contribution in [3.05, 3.63) is 36.3 Å². The minimum atomic E-state index is -1.03. The van der Waals surface area contributed by atoms with Crippen LogP contribution in [0.1, 0.15) is 10.4 Å². The molecule has 7 nitrogen and oxygen atoms in total. The summed E-state index contributed by atoms with van der Waals surface area (Å²) >= 11 is 0. The summed E-state index contributed by atoms with van der Waals surface area (Å²) in [6.45, 7) is 2.36. The van der Waals surface area contributed by atoms with Gasteiger partial charge in [-0.3, -0.25) is 4.98 Å². The molecule has 7 heteroatoms. The lowest BCUT2D eigenvalue weighted by molar-refractivity contribution is 0.0695. The first kappa shape index (κ1) is 13.4. The third kappa shape index (κ3) is 2.82. The quantitative estimate of drug-likeness (QED) is 0.902. The SMILES string of the molecule is O=C(O)c1cnc(-c2ccncc2)nc1N1CCOCC1. The first-order valence-electron chi connectivity index (χ1n) is 6.59. The van der Waals surface area contributed by atoms with Gasteiger partial charge in [-0.2, -0.15) is 0 Å². The third-order valence-corrected chi connectivity index (χ3v) is 3.25. The monoisotopic (exact) mass is 286 g/mol. The van der Waals surface area contributed by atoms with Crippen molar-refractivity contribution >= 4 is 11.8 Å². The summed E-state index contributed by atoms with van der Waals surface area (Å²) in [5.74, 6) is -0.103. The number of anilines is 1. The molecule has 1 aliphatic rings. The van der Waals surface area contributed by atoms with Crippen molar-refractivity contribution in [2.75, 3.05) is 31.2 Å². The van der Waals surface area contributed by atoms with Crippen LogP contribution in [-0.4, -0.2) is 52.3 Å². The Morgan fingerprint density at radius 1 is 1.24 bits per heavy atom. The van der Waals surface area contributed by atoms with Crippen molar-refractivity contribution in [1.29, 1.82) is 0 Å². The van der Waals surface area contributed by atoms with Crippen molar-refractivity contribution in [2.45, 2.75) is 0 Å². The molecule has 21 heavy (non-hydrogen) atoms. The summed E-state index contributed by atoms with van der Waals surface area (Å²) in [4.78, 5) is 25.8. The van der Waals surface area contributed by atoms with E-state index in [2.05, 4.69) is 15.0 Å². The van der Waals surface area contributed by atoms with Crippen molar-refractivity contribution in [3.8, 4) is 11.4 Å². The molecule has 3 rings (SSSR count). The van der Waals surface area contributed by atoms with E-state index in [1.54, 1.807) is 24.5 Å². The van der Waals surface area contributed by atoms with Gasteiger partial charge in [0.15, 0.2) is 5.82 Å². The number of carboxylic acids is 1. The van der Waals surface area contributed by atoms with Crippen LogP contribution >= 0.6 is 0 Å². The highest BCUT2D eigenvalue weighted by Crippen LogP contribution is 2.22. The zero-order chi connectivity index (χ0) is 14.7. The number of carbonyl (C=O) groups is 1. The zero-order valence-corrected chi connectivity index (χ0v) is 11.3. The van der Waals surface area contributed by atoms with Gasteiger partial charge < -0.3 is 14.7 Å². The minimum absolute atomic E-state index is 0.106. The number of pyridine rings is 1. The average molecular weight is 286 g/mol. The molecule has 0 aliphatic carbocycles. The maximum atomic E-state index is 11.4. The van der Waals surface area contributed by atoms with Gasteiger partial charge in [-0.1, -0.05) is 0 Å². The number of aromatic nitrogens is 3. The van der Waals surface area contributed by atoms with E-state index in [0.717, 1.165) is 5.56 Å². The van der Waals surface area contributed by atoms with Crippen LogP contribution in [-0.2, 0) is 4.74 Å². The van der Waals surface area contributed by atoms with Gasteiger partial charge in [0.05, 0.1) is 13.2 Å². The molecule has 0 bridgehead atoms. The summed E-state index contributed by atoms with van der Waals surface area (Å²) in [6, 6.07) is 3.58. The molecule has 0 saturated carbocycles. The van der Waals surface area contributed by atoms with E-state index in [-0.39, 0.29) is 5.56 Å². The topological polar surface area (TPSA) is 88.4 Å². The Kier molecular flexibility index (Phi) is 3.74. The first-order valence-corrected chi connectivity index (χ1v) is 6.59. The number of carboxylic acid groups (broad SMARTS) is 1. The van der Waals surface area contributed by atoms with E-state index in [1.807, 2.05) is 4.90 Å². The molecule has 2 aromatic heterocycles. The minimum Gasteiger partial charge on any atom is -0.477 e. The van der Waals surface area contributed by atoms with Crippen LogP contribution in [0.2, 0.25) is 0 Å². The van der Waals surface area contributed by atoms with Gasteiger partial charge in [-0.15, -0.1) is 0 Å². The Bertz CT molecular complexity index is 642. The average Bonchev–Trinajstić information content (AvgIpc) is 2.56. The van der Waals surface area contributed by atoms with Crippen molar-refractivity contribution in [1.82, 2.24) is 15.0 Å². The number of hydrogen-bond acceptors (Lipinski definition) is 6. The zero-order valence-electron chi connectivity index (χ0n) is 11.3. The molecule has 1 saturated heterocycles. The predicted molar refractivity (Wildman–Crippen MR) is 75.3 cm³/mol. The van der Waals surface area contributed by atoms with Crippen molar-refractivity contribution in [3.63, 3.8) is 0 Å². The van der Waals surface area contributed by atoms with Gasteiger partial charge in [-0.05, 0) is 12.1 Å². The van der Waals surface area contributed by atoms with E-state index in [0.29, 0.717) is 37.9 Å². The molecule has 1 fully saturated rings. The molecule has 3 heterocycles. The summed E-state index contributed by atoms with van der Waals surface area (Å²) in [5, 5.41) is 9.31. The highest BCUT2D eigenvalue weighted by Gasteiger charge is 2.21. The Labute approximate surface area is 121 Å². The van der Waals surface area contributed by atoms with E-state index in [1.165, 1.54) is 6.20 Å². The lowest BCUT2D eigenvalue weighted by Gasteiger charge is -2.28. The first-order chi connectivity index (χ1) is 10.3. The second-order valence-corrected chi connectivity index (χ2v) is 4.57. The van der Waals surface area contributed by atoms with Gasteiger partial charge in [0.25, 0.3) is 0 Å². The van der Waals surface area contributed by atoms with Gasteiger partial charge in [0.2, 0.25) is 0 Å². The molecule has 0 atom stereocenters. The molecule has 1 aliphatic heterocycles. The van der Waals surface area contributed by atoms with Crippen LogP contribution in [0.25, 0.3) is 11.4 Å². The smallest absolute Gasteiger partial charge is 0.341 e. The molecule has 108 valence electrons. The van der Waals surface area contributed by atoms with Gasteiger partial charge in [0, 0.05) is 37.2 Å². The second kappa shape index (κ2) is 5.84. The van der Waals surface area contributed by atoms with Crippen LogP contribution in [0.4, 0.5) is 5.82 Å². The fourth-order valence-corrected chi connectivity index (χ4v) is 2.18. The Morgan fingerprint density at radius 3 is 2.62 bits per heavy atom. The second-order valence-electron chi connectivity index (χ2n) is 4.57. The Balaban J connectivity index is 2.03. The van der Waals surface area contributed by atoms with Gasteiger partial charge in [0.1, 0.15) is 11.4 Å². The highest BCUT2D eigenvalue weighted by atomic mass is 16.5. The molecule has 0 aromatic carbocycles. The summed E-state index contributed by atoms with van der Waals surface area (Å²) < 4.78 is 5.30. The molecule has 2 aromatic rings. The van der Waals surface area contributed by atoms with Crippen LogP contribution in [0.15, 0.2) is 30.7 Å². The van der Waals surface area contributed by atoms with Crippen molar-refractivity contribution < 1.29 is 14.6 Å². The van der Waals surface area contributed by atoms with E-state index in [9.17, 15) is 9.90 Å². The van der Waals surface area contributed by atoms with Crippen LogP contribution in [0.3, 0.4) is 0 Å². The molecule has 0 unspecified atom stereocenters. The maximum Gasteiger partial charge on any atom is 0.341 e. The normalized spacial score (nSPS) is 15.0. The van der Waals surface area contributed by atoms with Crippen LogP contribution in [0, 0.1) is 0 Å². The lowest BCUT2D eigenvalue weighted by atomic mass is 10.2. The number of hydrogen-bond donors (Lipinski definition) is 1. The maximum absolute atomic E-state index is 11.4. The summed E-state index contributed by atoms with van der Waals surface area (Å²) in [6.07, 6.45) is 4.66. The largest absolute Gasteiger partial charge is 0.477 e. The molecule has 1 N–H and O–H groups in total.